The van der Waals surface area contributed by atoms with Gasteiger partial charge in [-0.3, -0.25) is 0 Å². The van der Waals surface area contributed by atoms with Gasteiger partial charge in [0.2, 0.25) is 0 Å². The summed E-state index contributed by atoms with van der Waals surface area (Å²) in [4.78, 5) is 0. The van der Waals surface area contributed by atoms with Crippen molar-refractivity contribution in [3.63, 3.8) is 0 Å². The molecule has 2 nitrogen and oxygen atoms in total. The van der Waals surface area contributed by atoms with Gasteiger partial charge in [0.1, 0.15) is 5.75 Å². The second-order valence-corrected chi connectivity index (χ2v) is 5.27. The van der Waals surface area contributed by atoms with E-state index in [4.69, 9.17) is 4.74 Å². The minimum Gasteiger partial charge on any atom is -0.493 e. The first-order valence-electron chi connectivity index (χ1n) is 6.37. The van der Waals surface area contributed by atoms with Crippen LogP contribution in [0.5, 0.6) is 5.75 Å². The Labute approximate surface area is 111 Å². The molecular formula is C16H23NO. The van der Waals surface area contributed by atoms with Gasteiger partial charge in [-0.2, -0.15) is 0 Å². The van der Waals surface area contributed by atoms with Gasteiger partial charge in [0.25, 0.3) is 0 Å². The van der Waals surface area contributed by atoms with Gasteiger partial charge in [-0.25, -0.2) is 0 Å². The van der Waals surface area contributed by atoms with Crippen LogP contribution in [-0.2, 0) is 6.54 Å². The summed E-state index contributed by atoms with van der Waals surface area (Å²) >= 11 is 0. The van der Waals surface area contributed by atoms with Crippen LogP contribution in [0, 0.1) is 11.8 Å². The quantitative estimate of drug-likeness (QED) is 0.634. The Balaban J connectivity index is 2.39. The second kappa shape index (κ2) is 7.08. The van der Waals surface area contributed by atoms with Crippen LogP contribution in [0.1, 0.15) is 39.7 Å². The number of ether oxygens (including phenoxy) is 1. The largest absolute Gasteiger partial charge is 0.493 e. The van der Waals surface area contributed by atoms with Crippen LogP contribution in [0.15, 0.2) is 24.3 Å². The third kappa shape index (κ3) is 6.32. The molecule has 1 aromatic carbocycles. The van der Waals surface area contributed by atoms with Crippen LogP contribution in [0.25, 0.3) is 0 Å². The molecule has 0 saturated carbocycles. The van der Waals surface area contributed by atoms with Crippen LogP contribution in [0.3, 0.4) is 0 Å². The van der Waals surface area contributed by atoms with E-state index in [1.807, 2.05) is 19.1 Å². The summed E-state index contributed by atoms with van der Waals surface area (Å²) in [5.41, 5.74) is 1.42. The first-order valence-corrected chi connectivity index (χ1v) is 6.37. The summed E-state index contributed by atoms with van der Waals surface area (Å²) in [6.07, 6.45) is 0.782. The number of rotatable bonds is 5. The van der Waals surface area contributed by atoms with E-state index in [1.54, 1.807) is 0 Å². The highest BCUT2D eigenvalue weighted by Crippen LogP contribution is 2.13. The highest BCUT2D eigenvalue weighted by atomic mass is 16.5. The molecule has 0 spiro atoms. The lowest BCUT2D eigenvalue weighted by molar-refractivity contribution is 0.327. The fourth-order valence-corrected chi connectivity index (χ4v) is 1.42. The number of hydrogen-bond acceptors (Lipinski definition) is 2. The lowest BCUT2D eigenvalue weighted by Gasteiger charge is -2.20. The Hall–Kier alpha value is -1.46. The average Bonchev–Trinajstić information content (AvgIpc) is 2.33. The van der Waals surface area contributed by atoms with Crippen molar-refractivity contribution in [2.45, 2.75) is 46.2 Å². The number of benzene rings is 1. The van der Waals surface area contributed by atoms with Crippen molar-refractivity contribution in [1.29, 1.82) is 0 Å². The molecule has 0 radical (unpaired) electrons. The maximum atomic E-state index is 5.59. The summed E-state index contributed by atoms with van der Waals surface area (Å²) in [5.74, 6) is 6.75. The van der Waals surface area contributed by atoms with Crippen LogP contribution in [0.4, 0.5) is 0 Å². The summed E-state index contributed by atoms with van der Waals surface area (Å²) < 4.78 is 5.59. The van der Waals surface area contributed by atoms with Crippen LogP contribution >= 0.6 is 0 Å². The lowest BCUT2D eigenvalue weighted by Crippen LogP contribution is -2.35. The highest BCUT2D eigenvalue weighted by molar-refractivity contribution is 5.27. The molecule has 0 aliphatic rings. The average molecular weight is 245 g/mol. The summed E-state index contributed by atoms with van der Waals surface area (Å²) in [6.45, 7) is 9.88. The van der Waals surface area contributed by atoms with Crippen molar-refractivity contribution in [2.24, 2.45) is 0 Å². The molecule has 0 heterocycles. The topological polar surface area (TPSA) is 21.3 Å². The first kappa shape index (κ1) is 14.6. The van der Waals surface area contributed by atoms with E-state index >= 15 is 0 Å². The minimum absolute atomic E-state index is 0.147. The standard InChI is InChI=1S/C16H23NO/c1-5-6-7-12-18-15-10-8-14(9-11-15)13-17-16(2,3)4/h8-11,17H,7,12-13H2,1-4H3. The Kier molecular flexibility index (Phi) is 5.74. The van der Waals surface area contributed by atoms with E-state index in [-0.39, 0.29) is 5.54 Å². The van der Waals surface area contributed by atoms with Gasteiger partial charge < -0.3 is 10.1 Å². The molecule has 0 amide bonds. The SMILES string of the molecule is CC#CCCOc1ccc(CNC(C)(C)C)cc1. The molecule has 0 fully saturated rings. The van der Waals surface area contributed by atoms with E-state index in [1.165, 1.54) is 5.56 Å². The van der Waals surface area contributed by atoms with E-state index in [9.17, 15) is 0 Å². The molecule has 0 aromatic heterocycles. The molecule has 98 valence electrons. The van der Waals surface area contributed by atoms with Gasteiger partial charge in [-0.05, 0) is 45.4 Å². The van der Waals surface area contributed by atoms with E-state index in [0.29, 0.717) is 6.61 Å². The summed E-state index contributed by atoms with van der Waals surface area (Å²) in [5, 5.41) is 3.46. The van der Waals surface area contributed by atoms with Crippen LogP contribution in [0.2, 0.25) is 0 Å². The van der Waals surface area contributed by atoms with Crippen molar-refractivity contribution in [3.05, 3.63) is 29.8 Å². The van der Waals surface area contributed by atoms with Gasteiger partial charge in [-0.1, -0.05) is 12.1 Å². The zero-order valence-corrected chi connectivity index (χ0v) is 11.8. The molecule has 1 aromatic rings. The molecule has 0 atom stereocenters. The normalized spacial score (nSPS) is 10.7. The fraction of sp³-hybridized carbons (Fsp3) is 0.500. The zero-order chi connectivity index (χ0) is 13.4. The predicted octanol–water partition coefficient (Wildman–Crippen LogP) is 3.37. The Morgan fingerprint density at radius 2 is 1.83 bits per heavy atom. The van der Waals surface area contributed by atoms with Gasteiger partial charge in [0.05, 0.1) is 6.61 Å². The minimum atomic E-state index is 0.147. The second-order valence-electron chi connectivity index (χ2n) is 5.27. The molecule has 0 aliphatic carbocycles. The van der Waals surface area contributed by atoms with Crippen molar-refractivity contribution in [3.8, 4) is 17.6 Å². The lowest BCUT2D eigenvalue weighted by atomic mass is 10.1. The zero-order valence-electron chi connectivity index (χ0n) is 11.8. The molecule has 0 unspecified atom stereocenters. The van der Waals surface area contributed by atoms with Crippen molar-refractivity contribution in [2.75, 3.05) is 6.61 Å². The Morgan fingerprint density at radius 1 is 1.17 bits per heavy atom. The molecule has 0 bridgehead atoms. The van der Waals surface area contributed by atoms with Crippen molar-refractivity contribution < 1.29 is 4.74 Å². The number of hydrogen-bond donors (Lipinski definition) is 1. The molecule has 18 heavy (non-hydrogen) atoms. The van der Waals surface area contributed by atoms with Gasteiger partial charge in [0, 0.05) is 18.5 Å². The molecule has 0 aliphatic heterocycles. The van der Waals surface area contributed by atoms with Gasteiger partial charge in [0.15, 0.2) is 0 Å². The molecule has 2 heteroatoms. The van der Waals surface area contributed by atoms with Crippen molar-refractivity contribution >= 4 is 0 Å². The van der Waals surface area contributed by atoms with Crippen LogP contribution in [-0.4, -0.2) is 12.1 Å². The van der Waals surface area contributed by atoms with E-state index < -0.39 is 0 Å². The van der Waals surface area contributed by atoms with Gasteiger partial charge >= 0.3 is 0 Å². The Bertz CT molecular complexity index is 403. The molecule has 0 saturated heterocycles. The molecule has 1 N–H and O–H groups in total. The third-order valence-corrected chi connectivity index (χ3v) is 2.42. The monoisotopic (exact) mass is 245 g/mol. The fourth-order valence-electron chi connectivity index (χ4n) is 1.42. The highest BCUT2D eigenvalue weighted by Gasteiger charge is 2.07. The molecule has 1 rings (SSSR count). The van der Waals surface area contributed by atoms with Crippen molar-refractivity contribution in [1.82, 2.24) is 5.32 Å². The first-order chi connectivity index (χ1) is 8.51. The summed E-state index contributed by atoms with van der Waals surface area (Å²) in [7, 11) is 0. The maximum absolute atomic E-state index is 5.59. The number of nitrogens with one attached hydrogen (secondary N) is 1. The van der Waals surface area contributed by atoms with E-state index in [0.717, 1.165) is 18.7 Å². The maximum Gasteiger partial charge on any atom is 0.119 e. The Morgan fingerprint density at radius 3 is 2.39 bits per heavy atom. The van der Waals surface area contributed by atoms with Gasteiger partial charge in [-0.15, -0.1) is 11.8 Å². The predicted molar refractivity (Wildman–Crippen MR) is 76.6 cm³/mol. The van der Waals surface area contributed by atoms with Crippen LogP contribution < -0.4 is 10.1 Å². The third-order valence-electron chi connectivity index (χ3n) is 2.42. The smallest absolute Gasteiger partial charge is 0.119 e. The van der Waals surface area contributed by atoms with E-state index in [2.05, 4.69) is 50.1 Å². The summed E-state index contributed by atoms with van der Waals surface area (Å²) in [6, 6.07) is 8.22. The molecular weight excluding hydrogens is 222 g/mol.